The quantitative estimate of drug-likeness (QED) is 0.175. The van der Waals surface area contributed by atoms with Gasteiger partial charge in [-0.1, -0.05) is 65.4 Å². The molecule has 1 saturated heterocycles. The molecule has 0 saturated carbocycles. The molecule has 1 atom stereocenters. The zero-order valence-corrected chi connectivity index (χ0v) is 21.0. The number of aliphatic hydroxyl groups is 1. The van der Waals surface area contributed by atoms with Crippen LogP contribution in [0.5, 0.6) is 0 Å². The predicted octanol–water partition coefficient (Wildman–Crippen LogP) is 6.87. The van der Waals surface area contributed by atoms with Gasteiger partial charge in [0.25, 0.3) is 5.78 Å². The molecule has 166 valence electrons. The van der Waals surface area contributed by atoms with E-state index in [1.807, 2.05) is 29.6 Å². The number of amides is 1. The summed E-state index contributed by atoms with van der Waals surface area (Å²) in [7, 11) is 0. The maximum Gasteiger partial charge on any atom is 0.301 e. The fourth-order valence-electron chi connectivity index (χ4n) is 3.90. The van der Waals surface area contributed by atoms with Gasteiger partial charge in [-0.3, -0.25) is 14.5 Å². The van der Waals surface area contributed by atoms with E-state index in [1.165, 1.54) is 33.1 Å². The molecule has 1 N–H and O–H groups in total. The normalized spacial score (nSPS) is 18.1. The Labute approximate surface area is 207 Å². The second-order valence-electron chi connectivity index (χ2n) is 8.07. The van der Waals surface area contributed by atoms with E-state index in [4.69, 9.17) is 0 Å². The van der Waals surface area contributed by atoms with E-state index in [0.717, 1.165) is 19.6 Å². The van der Waals surface area contributed by atoms with Crippen LogP contribution in [0, 0.1) is 0 Å². The lowest BCUT2D eigenvalue weighted by Crippen LogP contribution is -2.28. The Morgan fingerprint density at radius 1 is 1.12 bits per heavy atom. The van der Waals surface area contributed by atoms with Crippen molar-refractivity contribution in [2.45, 2.75) is 25.8 Å². The van der Waals surface area contributed by atoms with Crippen molar-refractivity contribution < 1.29 is 14.7 Å². The number of rotatable bonds is 4. The molecule has 0 radical (unpaired) electrons. The van der Waals surface area contributed by atoms with E-state index in [-0.39, 0.29) is 11.3 Å². The first-order chi connectivity index (χ1) is 15.8. The van der Waals surface area contributed by atoms with Crippen molar-refractivity contribution in [3.05, 3.63) is 86.0 Å². The van der Waals surface area contributed by atoms with E-state index < -0.39 is 17.7 Å². The van der Waals surface area contributed by atoms with E-state index in [2.05, 4.69) is 40.8 Å². The van der Waals surface area contributed by atoms with Gasteiger partial charge in [0.05, 0.1) is 15.8 Å². The number of benzene rings is 2. The number of hydrogen-bond acceptors (Lipinski definition) is 6. The third-order valence-corrected chi connectivity index (χ3v) is 8.12. The Morgan fingerprint density at radius 3 is 2.55 bits per heavy atom. The SMILES string of the molecule is CC(C)c1ccc2nc(N3C(=O)C(=O)/C(=C(/O)c4ccc(Br)cc4)C3c3cccs3)sc2c1. The monoisotopic (exact) mass is 538 g/mol. The summed E-state index contributed by atoms with van der Waals surface area (Å²) in [5, 5.41) is 13.5. The fraction of sp³-hybridized carbons (Fsp3) is 0.160. The minimum atomic E-state index is -0.737. The van der Waals surface area contributed by atoms with Crippen LogP contribution in [-0.4, -0.2) is 21.8 Å². The van der Waals surface area contributed by atoms with Gasteiger partial charge in [0, 0.05) is 14.9 Å². The molecule has 2 aromatic carbocycles. The fourth-order valence-corrected chi connectivity index (χ4v) is 6.03. The molecule has 2 aromatic heterocycles. The highest BCUT2D eigenvalue weighted by molar-refractivity contribution is 9.10. The van der Waals surface area contributed by atoms with Crippen molar-refractivity contribution in [1.82, 2.24) is 4.98 Å². The highest BCUT2D eigenvalue weighted by atomic mass is 79.9. The van der Waals surface area contributed by atoms with Gasteiger partial charge in [-0.05, 0) is 47.2 Å². The van der Waals surface area contributed by atoms with Gasteiger partial charge < -0.3 is 5.11 Å². The molecular weight excluding hydrogens is 520 g/mol. The van der Waals surface area contributed by atoms with Gasteiger partial charge in [0.1, 0.15) is 11.8 Å². The van der Waals surface area contributed by atoms with Crippen molar-refractivity contribution in [2.24, 2.45) is 0 Å². The number of thiophene rings is 1. The van der Waals surface area contributed by atoms with Crippen molar-refractivity contribution in [2.75, 3.05) is 4.90 Å². The molecule has 3 heterocycles. The number of carbonyl (C=O) groups is 2. The van der Waals surface area contributed by atoms with E-state index in [9.17, 15) is 14.7 Å². The van der Waals surface area contributed by atoms with Gasteiger partial charge in [0.15, 0.2) is 5.13 Å². The number of thiazole rings is 1. The Morgan fingerprint density at radius 2 is 1.88 bits per heavy atom. The maximum absolute atomic E-state index is 13.3. The van der Waals surface area contributed by atoms with E-state index in [0.29, 0.717) is 16.6 Å². The third-order valence-electron chi connectivity index (χ3n) is 5.65. The molecule has 33 heavy (non-hydrogen) atoms. The van der Waals surface area contributed by atoms with Gasteiger partial charge in [-0.2, -0.15) is 0 Å². The van der Waals surface area contributed by atoms with Crippen LogP contribution in [0.2, 0.25) is 0 Å². The summed E-state index contributed by atoms with van der Waals surface area (Å²) in [5.41, 5.74) is 2.51. The Balaban J connectivity index is 1.68. The average Bonchev–Trinajstić information content (AvgIpc) is 3.52. The molecular formula is C25H19BrN2O3S2. The molecule has 0 aliphatic carbocycles. The number of Topliss-reactive ketones (excluding diaryl/α,β-unsaturated/α-hetero) is 1. The van der Waals surface area contributed by atoms with Crippen LogP contribution in [0.1, 0.15) is 41.8 Å². The van der Waals surface area contributed by atoms with Crippen LogP contribution < -0.4 is 4.90 Å². The minimum Gasteiger partial charge on any atom is -0.507 e. The highest BCUT2D eigenvalue weighted by Gasteiger charge is 2.48. The number of aromatic nitrogens is 1. The standard InChI is InChI=1S/C25H19BrN2O3S2/c1-13(2)15-7-10-17-19(12-15)33-25(27-17)28-21(18-4-3-11-32-18)20(23(30)24(28)31)22(29)14-5-8-16(26)9-6-14/h3-13,21,29H,1-2H3/b22-20+. The first-order valence-electron chi connectivity index (χ1n) is 10.4. The van der Waals surface area contributed by atoms with Crippen LogP contribution in [0.25, 0.3) is 16.0 Å². The Bertz CT molecular complexity index is 1410. The number of anilines is 1. The number of carbonyl (C=O) groups excluding carboxylic acids is 2. The molecule has 5 rings (SSSR count). The van der Waals surface area contributed by atoms with Crippen molar-refractivity contribution in [3.8, 4) is 0 Å². The zero-order valence-electron chi connectivity index (χ0n) is 17.8. The summed E-state index contributed by atoms with van der Waals surface area (Å²) in [6.07, 6.45) is 0. The summed E-state index contributed by atoms with van der Waals surface area (Å²) in [4.78, 5) is 33.4. The summed E-state index contributed by atoms with van der Waals surface area (Å²) in [6, 6.07) is 16.1. The van der Waals surface area contributed by atoms with Crippen molar-refractivity contribution >= 4 is 71.4 Å². The molecule has 1 unspecified atom stereocenters. The number of fused-ring (bicyclic) bond motifs is 1. The Hall–Kier alpha value is -2.81. The molecule has 8 heteroatoms. The number of hydrogen-bond donors (Lipinski definition) is 1. The third kappa shape index (κ3) is 3.82. The average molecular weight is 539 g/mol. The lowest BCUT2D eigenvalue weighted by atomic mass is 10.00. The second-order valence-corrected chi connectivity index (χ2v) is 11.0. The van der Waals surface area contributed by atoms with Crippen LogP contribution >= 0.6 is 38.6 Å². The summed E-state index contributed by atoms with van der Waals surface area (Å²) < 4.78 is 1.81. The number of ketones is 1. The summed E-state index contributed by atoms with van der Waals surface area (Å²) >= 11 is 6.19. The van der Waals surface area contributed by atoms with E-state index >= 15 is 0 Å². The predicted molar refractivity (Wildman–Crippen MR) is 137 cm³/mol. The van der Waals surface area contributed by atoms with Crippen LogP contribution in [0.3, 0.4) is 0 Å². The lowest BCUT2D eigenvalue weighted by Gasteiger charge is -2.21. The lowest BCUT2D eigenvalue weighted by molar-refractivity contribution is -0.132. The van der Waals surface area contributed by atoms with Gasteiger partial charge in [-0.15, -0.1) is 11.3 Å². The van der Waals surface area contributed by atoms with Gasteiger partial charge in [0.2, 0.25) is 0 Å². The maximum atomic E-state index is 13.3. The van der Waals surface area contributed by atoms with Crippen molar-refractivity contribution in [3.63, 3.8) is 0 Å². The molecule has 4 aromatic rings. The van der Waals surface area contributed by atoms with Crippen LogP contribution in [-0.2, 0) is 9.59 Å². The largest absolute Gasteiger partial charge is 0.507 e. The molecule has 1 aliphatic heterocycles. The summed E-state index contributed by atoms with van der Waals surface area (Å²) in [5.74, 6) is -1.22. The zero-order chi connectivity index (χ0) is 23.3. The van der Waals surface area contributed by atoms with E-state index in [1.54, 1.807) is 24.3 Å². The highest BCUT2D eigenvalue weighted by Crippen LogP contribution is 2.45. The molecule has 5 nitrogen and oxygen atoms in total. The number of nitrogens with zero attached hydrogens (tertiary/aromatic N) is 2. The molecule has 1 amide bonds. The minimum absolute atomic E-state index is 0.0758. The van der Waals surface area contributed by atoms with Crippen molar-refractivity contribution in [1.29, 1.82) is 0 Å². The first kappa shape index (κ1) is 22.0. The van der Waals surface area contributed by atoms with Crippen LogP contribution in [0.4, 0.5) is 5.13 Å². The molecule has 1 aliphatic rings. The second kappa shape index (κ2) is 8.52. The van der Waals surface area contributed by atoms with Gasteiger partial charge in [-0.25, -0.2) is 4.98 Å². The van der Waals surface area contributed by atoms with Gasteiger partial charge >= 0.3 is 5.91 Å². The molecule has 1 fully saturated rings. The molecule has 0 bridgehead atoms. The van der Waals surface area contributed by atoms with Crippen LogP contribution in [0.15, 0.2) is 70.0 Å². The topological polar surface area (TPSA) is 70.5 Å². The number of halogens is 1. The number of aliphatic hydroxyl groups excluding tert-OH is 1. The molecule has 0 spiro atoms. The first-order valence-corrected chi connectivity index (χ1v) is 12.8. The smallest absolute Gasteiger partial charge is 0.301 e. The summed E-state index contributed by atoms with van der Waals surface area (Å²) in [6.45, 7) is 4.25. The Kier molecular flexibility index (Phi) is 5.68.